The molecule has 0 saturated carbocycles. The molecule has 2 aromatic rings. The third-order valence-corrected chi connectivity index (χ3v) is 7.43. The maximum absolute atomic E-state index is 12.9. The van der Waals surface area contributed by atoms with E-state index in [-0.39, 0.29) is 5.91 Å². The summed E-state index contributed by atoms with van der Waals surface area (Å²) in [5, 5.41) is 0.693. The van der Waals surface area contributed by atoms with Crippen molar-refractivity contribution in [2.75, 3.05) is 69.5 Å². The van der Waals surface area contributed by atoms with E-state index in [2.05, 4.69) is 47.1 Å². The second kappa shape index (κ2) is 10.2. The summed E-state index contributed by atoms with van der Waals surface area (Å²) in [7, 11) is 1.78. The van der Waals surface area contributed by atoms with Crippen LogP contribution in [0.15, 0.2) is 52.4 Å². The summed E-state index contributed by atoms with van der Waals surface area (Å²) in [4.78, 5) is 24.6. The molecule has 3 saturated heterocycles. The molecule has 34 heavy (non-hydrogen) atoms. The van der Waals surface area contributed by atoms with Crippen molar-refractivity contribution < 1.29 is 14.3 Å². The van der Waals surface area contributed by atoms with Gasteiger partial charge in [0, 0.05) is 44.6 Å². The molecule has 0 unspecified atom stereocenters. The monoisotopic (exact) mass is 478 g/mol. The number of hydrogen-bond acceptors (Lipinski definition) is 7. The zero-order chi connectivity index (χ0) is 23.5. The van der Waals surface area contributed by atoms with Gasteiger partial charge in [-0.2, -0.15) is 0 Å². The van der Waals surface area contributed by atoms with Crippen LogP contribution in [0.1, 0.15) is 11.1 Å². The quantitative estimate of drug-likeness (QED) is 0.622. The highest BCUT2D eigenvalue weighted by atomic mass is 32.2. The molecule has 0 radical (unpaired) electrons. The van der Waals surface area contributed by atoms with Crippen molar-refractivity contribution in [3.8, 4) is 0 Å². The summed E-state index contributed by atoms with van der Waals surface area (Å²) < 4.78 is 10.9. The maximum atomic E-state index is 12.9. The summed E-state index contributed by atoms with van der Waals surface area (Å²) in [6, 6.07) is 14.6. The zero-order valence-electron chi connectivity index (χ0n) is 19.7. The minimum absolute atomic E-state index is 0.0228. The Balaban J connectivity index is 1.31. The molecule has 3 aliphatic heterocycles. The van der Waals surface area contributed by atoms with Gasteiger partial charge in [-0.1, -0.05) is 6.07 Å². The smallest absolute Gasteiger partial charge is 0.266 e. The lowest BCUT2D eigenvalue weighted by molar-refractivity contribution is -0.121. The molecule has 3 heterocycles. The summed E-state index contributed by atoms with van der Waals surface area (Å²) in [6.45, 7) is 8.77. The normalized spacial score (nSPS) is 21.7. The predicted octanol–water partition coefficient (Wildman–Crippen LogP) is 3.90. The van der Waals surface area contributed by atoms with E-state index < -0.39 is 0 Å². The standard InChI is InChI=1S/C26H30N4O3S/c1-19-17-23(30-11-15-33-16-12-30)6-3-20(19)18-24-25(31)28(2)26(34-24)27-21-4-7-22(8-5-21)29-9-13-32-14-10-29/h3-8,17-18H,9-16H2,1-2H3/b24-18-,27-26?. The van der Waals surface area contributed by atoms with Crippen LogP contribution in [0.4, 0.5) is 17.1 Å². The van der Waals surface area contributed by atoms with E-state index in [4.69, 9.17) is 14.5 Å². The van der Waals surface area contributed by atoms with E-state index in [1.165, 1.54) is 23.1 Å². The molecule has 8 heteroatoms. The molecule has 2 aromatic carbocycles. The van der Waals surface area contributed by atoms with E-state index in [0.717, 1.165) is 69.4 Å². The highest BCUT2D eigenvalue weighted by Crippen LogP contribution is 2.34. The van der Waals surface area contributed by atoms with Crippen molar-refractivity contribution in [2.24, 2.45) is 4.99 Å². The van der Waals surface area contributed by atoms with Gasteiger partial charge in [0.2, 0.25) is 0 Å². The fraction of sp³-hybridized carbons (Fsp3) is 0.385. The van der Waals surface area contributed by atoms with Gasteiger partial charge in [0.1, 0.15) is 0 Å². The first-order valence-corrected chi connectivity index (χ1v) is 12.5. The molecule has 0 bridgehead atoms. The van der Waals surface area contributed by atoms with Crippen LogP contribution in [0.2, 0.25) is 0 Å². The third-order valence-electron chi connectivity index (χ3n) is 6.37. The van der Waals surface area contributed by atoms with Gasteiger partial charge in [0.25, 0.3) is 5.91 Å². The van der Waals surface area contributed by atoms with Gasteiger partial charge in [0.15, 0.2) is 5.17 Å². The average molecular weight is 479 g/mol. The molecule has 1 amide bonds. The molecular formula is C26H30N4O3S. The number of carbonyl (C=O) groups is 1. The lowest BCUT2D eigenvalue weighted by Gasteiger charge is -2.29. The first-order chi connectivity index (χ1) is 16.6. The van der Waals surface area contributed by atoms with Crippen molar-refractivity contribution in [3.63, 3.8) is 0 Å². The van der Waals surface area contributed by atoms with E-state index in [9.17, 15) is 4.79 Å². The second-order valence-corrected chi connectivity index (χ2v) is 9.63. The first kappa shape index (κ1) is 23.0. The molecule has 0 aliphatic carbocycles. The van der Waals surface area contributed by atoms with E-state index >= 15 is 0 Å². The largest absolute Gasteiger partial charge is 0.378 e. The summed E-state index contributed by atoms with van der Waals surface area (Å²) in [5.41, 5.74) is 5.42. The molecule has 0 atom stereocenters. The van der Waals surface area contributed by atoms with Gasteiger partial charge in [0.05, 0.1) is 37.0 Å². The number of aryl methyl sites for hydroxylation is 1. The number of rotatable bonds is 4. The average Bonchev–Trinajstić information content (AvgIpc) is 3.14. The Morgan fingerprint density at radius 2 is 1.47 bits per heavy atom. The van der Waals surface area contributed by atoms with Gasteiger partial charge < -0.3 is 19.3 Å². The third kappa shape index (κ3) is 4.99. The minimum Gasteiger partial charge on any atom is -0.378 e. The number of morpholine rings is 2. The molecule has 7 nitrogen and oxygen atoms in total. The number of benzene rings is 2. The maximum Gasteiger partial charge on any atom is 0.266 e. The Kier molecular flexibility index (Phi) is 6.89. The number of likely N-dealkylation sites (N-methyl/N-ethyl adjacent to an activating group) is 1. The number of anilines is 2. The highest BCUT2D eigenvalue weighted by Gasteiger charge is 2.30. The van der Waals surface area contributed by atoms with Crippen LogP contribution in [0.25, 0.3) is 6.08 Å². The fourth-order valence-corrected chi connectivity index (χ4v) is 5.28. The number of carbonyl (C=O) groups excluding carboxylic acids is 1. The lowest BCUT2D eigenvalue weighted by atomic mass is 10.1. The Morgan fingerprint density at radius 1 is 0.882 bits per heavy atom. The van der Waals surface area contributed by atoms with Gasteiger partial charge in [-0.15, -0.1) is 0 Å². The van der Waals surface area contributed by atoms with Crippen molar-refractivity contribution in [2.45, 2.75) is 6.92 Å². The summed E-state index contributed by atoms with van der Waals surface area (Å²) in [6.07, 6.45) is 1.98. The number of thioether (sulfide) groups is 1. The topological polar surface area (TPSA) is 57.6 Å². The molecule has 178 valence electrons. The highest BCUT2D eigenvalue weighted by molar-refractivity contribution is 8.18. The van der Waals surface area contributed by atoms with Crippen molar-refractivity contribution in [1.29, 1.82) is 0 Å². The first-order valence-electron chi connectivity index (χ1n) is 11.7. The zero-order valence-corrected chi connectivity index (χ0v) is 20.5. The van der Waals surface area contributed by atoms with Crippen molar-refractivity contribution in [1.82, 2.24) is 4.90 Å². The Labute approximate surface area is 205 Å². The summed E-state index contributed by atoms with van der Waals surface area (Å²) in [5.74, 6) is -0.0228. The Morgan fingerprint density at radius 3 is 2.09 bits per heavy atom. The molecular weight excluding hydrogens is 448 g/mol. The number of nitrogens with zero attached hydrogens (tertiary/aromatic N) is 4. The van der Waals surface area contributed by atoms with Crippen LogP contribution in [-0.4, -0.2) is 75.6 Å². The number of aliphatic imine (C=N–C) groups is 1. The van der Waals surface area contributed by atoms with E-state index in [0.29, 0.717) is 10.1 Å². The molecule has 5 rings (SSSR count). The van der Waals surface area contributed by atoms with Gasteiger partial charge in [-0.3, -0.25) is 9.69 Å². The SMILES string of the molecule is Cc1cc(N2CCOCC2)ccc1/C=C1\SC(=Nc2ccc(N3CCOCC3)cc2)N(C)C1=O. The second-order valence-electron chi connectivity index (χ2n) is 8.63. The number of hydrogen-bond donors (Lipinski definition) is 0. The number of ether oxygens (including phenoxy) is 2. The molecule has 0 N–H and O–H groups in total. The van der Waals surface area contributed by atoms with Crippen molar-refractivity contribution >= 4 is 46.0 Å². The lowest BCUT2D eigenvalue weighted by Crippen LogP contribution is -2.36. The Hall–Kier alpha value is -2.81. The molecule has 3 aliphatic rings. The minimum atomic E-state index is -0.0228. The van der Waals surface area contributed by atoms with Crippen LogP contribution >= 0.6 is 11.8 Å². The van der Waals surface area contributed by atoms with Crippen molar-refractivity contribution in [3.05, 3.63) is 58.5 Å². The Bertz CT molecular complexity index is 1100. The number of amidine groups is 1. The van der Waals surface area contributed by atoms with E-state index in [1.54, 1.807) is 11.9 Å². The molecule has 0 spiro atoms. The number of amides is 1. The van der Waals surface area contributed by atoms with Crippen LogP contribution in [-0.2, 0) is 14.3 Å². The predicted molar refractivity (Wildman–Crippen MR) is 139 cm³/mol. The van der Waals surface area contributed by atoms with Crippen LogP contribution < -0.4 is 9.80 Å². The van der Waals surface area contributed by atoms with Gasteiger partial charge in [-0.05, 0) is 72.3 Å². The van der Waals surface area contributed by atoms with Gasteiger partial charge >= 0.3 is 0 Å². The van der Waals surface area contributed by atoms with Crippen LogP contribution in [0.5, 0.6) is 0 Å². The fourth-order valence-electron chi connectivity index (χ4n) is 4.30. The van der Waals surface area contributed by atoms with Crippen LogP contribution in [0.3, 0.4) is 0 Å². The van der Waals surface area contributed by atoms with Gasteiger partial charge in [-0.25, -0.2) is 4.99 Å². The van der Waals surface area contributed by atoms with E-state index in [1.807, 2.05) is 18.2 Å². The summed E-state index contributed by atoms with van der Waals surface area (Å²) >= 11 is 1.42. The van der Waals surface area contributed by atoms with Crippen LogP contribution in [0, 0.1) is 6.92 Å². The molecule has 0 aromatic heterocycles. The molecule has 3 fully saturated rings.